The summed E-state index contributed by atoms with van der Waals surface area (Å²) in [6.45, 7) is 0. The van der Waals surface area contributed by atoms with Crippen LogP contribution in [0.15, 0.2) is 24.3 Å². The predicted octanol–water partition coefficient (Wildman–Crippen LogP) is -0.176. The fourth-order valence-corrected chi connectivity index (χ4v) is 1.14. The molecule has 1 rings (SSSR count). The summed E-state index contributed by atoms with van der Waals surface area (Å²) in [5.74, 6) is -2.76. The number of nitrogens with two attached hydrogens (primary N) is 1. The normalized spacial score (nSPS) is 11.4. The highest BCUT2D eigenvalue weighted by Gasteiger charge is 2.21. The fraction of sp³-hybridized carbons (Fsp3) is 0.182. The molecule has 18 heavy (non-hydrogen) atoms. The molecule has 0 heterocycles. The van der Waals surface area contributed by atoms with E-state index in [0.29, 0.717) is 11.3 Å². The van der Waals surface area contributed by atoms with Gasteiger partial charge in [0.15, 0.2) is 6.04 Å². The van der Waals surface area contributed by atoms with E-state index in [4.69, 9.17) is 10.8 Å². The van der Waals surface area contributed by atoms with Crippen LogP contribution in [0, 0.1) is 0 Å². The van der Waals surface area contributed by atoms with Gasteiger partial charge in [-0.25, -0.2) is 9.59 Å². The summed E-state index contributed by atoms with van der Waals surface area (Å²) in [6, 6.07) is 4.13. The van der Waals surface area contributed by atoms with E-state index in [2.05, 4.69) is 10.1 Å². The molecule has 1 aromatic rings. The first-order valence-corrected chi connectivity index (χ1v) is 4.93. The molecule has 1 amide bonds. The third kappa shape index (κ3) is 3.29. The number of amides is 1. The summed E-state index contributed by atoms with van der Waals surface area (Å²) in [4.78, 5) is 32.9. The van der Waals surface area contributed by atoms with E-state index in [1.54, 1.807) is 0 Å². The van der Waals surface area contributed by atoms with E-state index >= 15 is 0 Å². The van der Waals surface area contributed by atoms with Crippen molar-refractivity contribution in [2.24, 2.45) is 5.73 Å². The molecule has 7 heteroatoms. The van der Waals surface area contributed by atoms with Gasteiger partial charge in [-0.1, -0.05) is 0 Å². The van der Waals surface area contributed by atoms with Gasteiger partial charge in [-0.2, -0.15) is 0 Å². The molecule has 0 fully saturated rings. The number of anilines is 1. The molecule has 96 valence electrons. The van der Waals surface area contributed by atoms with Crippen LogP contribution in [0.3, 0.4) is 0 Å². The number of carbonyl (C=O) groups excluding carboxylic acids is 2. The second kappa shape index (κ2) is 5.78. The maximum Gasteiger partial charge on any atom is 0.337 e. The Morgan fingerprint density at radius 1 is 1.28 bits per heavy atom. The highest BCUT2D eigenvalue weighted by atomic mass is 16.5. The summed E-state index contributed by atoms with van der Waals surface area (Å²) >= 11 is 0. The number of nitrogens with one attached hydrogen (secondary N) is 1. The van der Waals surface area contributed by atoms with Crippen molar-refractivity contribution in [3.63, 3.8) is 0 Å². The average Bonchev–Trinajstić information content (AvgIpc) is 2.37. The third-order valence-corrected chi connectivity index (χ3v) is 2.12. The minimum Gasteiger partial charge on any atom is -0.480 e. The quantitative estimate of drug-likeness (QED) is 0.505. The first-order valence-electron chi connectivity index (χ1n) is 4.93. The van der Waals surface area contributed by atoms with Crippen LogP contribution in [-0.4, -0.2) is 36.1 Å². The molecule has 0 aliphatic heterocycles. The lowest BCUT2D eigenvalue weighted by atomic mass is 10.2. The Labute approximate surface area is 103 Å². The van der Waals surface area contributed by atoms with E-state index in [0.717, 1.165) is 0 Å². The summed E-state index contributed by atoms with van der Waals surface area (Å²) in [7, 11) is 1.25. The Balaban J connectivity index is 2.72. The first kappa shape index (κ1) is 13.7. The van der Waals surface area contributed by atoms with Crippen molar-refractivity contribution in [2.45, 2.75) is 6.04 Å². The lowest BCUT2D eigenvalue weighted by Gasteiger charge is -2.08. The van der Waals surface area contributed by atoms with Crippen molar-refractivity contribution in [3.8, 4) is 0 Å². The van der Waals surface area contributed by atoms with Gasteiger partial charge in [0.25, 0.3) is 5.91 Å². The van der Waals surface area contributed by atoms with E-state index in [1.807, 2.05) is 0 Å². The van der Waals surface area contributed by atoms with Crippen molar-refractivity contribution < 1.29 is 24.2 Å². The molecule has 0 aromatic heterocycles. The highest BCUT2D eigenvalue weighted by Crippen LogP contribution is 2.10. The number of carbonyl (C=O) groups is 3. The summed E-state index contributed by atoms with van der Waals surface area (Å²) < 4.78 is 4.50. The maximum absolute atomic E-state index is 11.3. The first-order chi connectivity index (χ1) is 8.45. The molecule has 0 saturated carbocycles. The number of carboxylic acid groups (broad SMARTS) is 1. The molecule has 7 nitrogen and oxygen atoms in total. The number of hydrogen-bond donors (Lipinski definition) is 3. The average molecular weight is 252 g/mol. The third-order valence-electron chi connectivity index (χ3n) is 2.12. The fourth-order valence-electron chi connectivity index (χ4n) is 1.14. The van der Waals surface area contributed by atoms with E-state index in [1.165, 1.54) is 31.4 Å². The minimum absolute atomic E-state index is 0.318. The monoisotopic (exact) mass is 252 g/mol. The zero-order valence-electron chi connectivity index (χ0n) is 9.54. The van der Waals surface area contributed by atoms with Gasteiger partial charge in [0.1, 0.15) is 0 Å². The molecule has 1 atom stereocenters. The van der Waals surface area contributed by atoms with Crippen LogP contribution >= 0.6 is 0 Å². The predicted molar refractivity (Wildman–Crippen MR) is 62.0 cm³/mol. The molecule has 1 unspecified atom stereocenters. The van der Waals surface area contributed by atoms with E-state index < -0.39 is 23.9 Å². The number of rotatable bonds is 4. The highest BCUT2D eigenvalue weighted by molar-refractivity contribution is 6.07. The van der Waals surface area contributed by atoms with Gasteiger partial charge >= 0.3 is 11.9 Å². The van der Waals surface area contributed by atoms with Crippen LogP contribution in [0.25, 0.3) is 0 Å². The van der Waals surface area contributed by atoms with Crippen LogP contribution < -0.4 is 11.1 Å². The van der Waals surface area contributed by atoms with Crippen LogP contribution in [0.4, 0.5) is 5.69 Å². The number of hydrogen-bond acceptors (Lipinski definition) is 5. The standard InChI is InChI=1S/C11H12N2O5/c1-18-11(17)6-2-4-7(5-3-6)13-9(14)8(12)10(15)16/h2-5,8H,12H2,1H3,(H,13,14)(H,15,16). The zero-order chi connectivity index (χ0) is 13.7. The minimum atomic E-state index is -1.63. The lowest BCUT2D eigenvalue weighted by molar-refractivity contribution is -0.141. The lowest BCUT2D eigenvalue weighted by Crippen LogP contribution is -2.42. The van der Waals surface area contributed by atoms with Gasteiger partial charge in [0.05, 0.1) is 12.7 Å². The Kier molecular flexibility index (Phi) is 4.39. The van der Waals surface area contributed by atoms with Gasteiger partial charge in [0, 0.05) is 5.69 Å². The molecular formula is C11H12N2O5. The van der Waals surface area contributed by atoms with Crippen molar-refractivity contribution in [3.05, 3.63) is 29.8 Å². The molecule has 0 bridgehead atoms. The van der Waals surface area contributed by atoms with Crippen LogP contribution in [-0.2, 0) is 14.3 Å². The Bertz CT molecular complexity index is 469. The van der Waals surface area contributed by atoms with Crippen molar-refractivity contribution in [1.82, 2.24) is 0 Å². The number of benzene rings is 1. The Hall–Kier alpha value is -2.41. The number of carboxylic acids is 1. The molecule has 0 aliphatic carbocycles. The van der Waals surface area contributed by atoms with Gasteiger partial charge < -0.3 is 20.9 Å². The number of methoxy groups -OCH3 is 1. The maximum atomic E-state index is 11.3. The number of aliphatic carboxylic acids is 1. The molecule has 1 aromatic carbocycles. The van der Waals surface area contributed by atoms with Gasteiger partial charge in [-0.3, -0.25) is 4.79 Å². The molecule has 0 aliphatic rings. The molecular weight excluding hydrogens is 240 g/mol. The van der Waals surface area contributed by atoms with E-state index in [-0.39, 0.29) is 0 Å². The molecule has 0 saturated heterocycles. The molecule has 0 radical (unpaired) electrons. The molecule has 4 N–H and O–H groups in total. The van der Waals surface area contributed by atoms with Gasteiger partial charge in [-0.15, -0.1) is 0 Å². The summed E-state index contributed by atoms with van der Waals surface area (Å²) in [5, 5.41) is 10.8. The SMILES string of the molecule is COC(=O)c1ccc(NC(=O)C(N)C(=O)O)cc1. The van der Waals surface area contributed by atoms with E-state index in [9.17, 15) is 14.4 Å². The van der Waals surface area contributed by atoms with Crippen molar-refractivity contribution in [1.29, 1.82) is 0 Å². The topological polar surface area (TPSA) is 119 Å². The van der Waals surface area contributed by atoms with Crippen molar-refractivity contribution >= 4 is 23.5 Å². The van der Waals surface area contributed by atoms with Gasteiger partial charge in [0.2, 0.25) is 0 Å². The smallest absolute Gasteiger partial charge is 0.337 e. The summed E-state index contributed by atoms with van der Waals surface area (Å²) in [6.07, 6.45) is 0. The zero-order valence-corrected chi connectivity index (χ0v) is 9.54. The Morgan fingerprint density at radius 2 is 1.83 bits per heavy atom. The van der Waals surface area contributed by atoms with Gasteiger partial charge in [-0.05, 0) is 24.3 Å². The Morgan fingerprint density at radius 3 is 2.28 bits per heavy atom. The molecule has 0 spiro atoms. The second-order valence-electron chi connectivity index (χ2n) is 3.37. The van der Waals surface area contributed by atoms with Crippen LogP contribution in [0.5, 0.6) is 0 Å². The largest absolute Gasteiger partial charge is 0.480 e. The summed E-state index contributed by atoms with van der Waals surface area (Å²) in [5.41, 5.74) is 5.78. The second-order valence-corrected chi connectivity index (χ2v) is 3.37. The van der Waals surface area contributed by atoms with Crippen LogP contribution in [0.1, 0.15) is 10.4 Å². The van der Waals surface area contributed by atoms with Crippen molar-refractivity contribution in [2.75, 3.05) is 12.4 Å². The number of ether oxygens (including phenoxy) is 1. The van der Waals surface area contributed by atoms with Crippen LogP contribution in [0.2, 0.25) is 0 Å². The number of esters is 1.